The number of rotatable bonds is 5. The van der Waals surface area contributed by atoms with Crippen LogP contribution in [0.5, 0.6) is 0 Å². The first-order valence-corrected chi connectivity index (χ1v) is 10.5. The van der Waals surface area contributed by atoms with E-state index in [9.17, 15) is 14.4 Å². The third kappa shape index (κ3) is 3.90. The zero-order valence-corrected chi connectivity index (χ0v) is 17.8. The van der Waals surface area contributed by atoms with E-state index in [1.54, 1.807) is 26.0 Å². The van der Waals surface area contributed by atoms with E-state index >= 15 is 0 Å². The van der Waals surface area contributed by atoms with Gasteiger partial charge in [0.25, 0.3) is 5.70 Å². The number of carbonyl (C=O) groups is 2. The van der Waals surface area contributed by atoms with Gasteiger partial charge in [-0.1, -0.05) is 11.8 Å². The lowest BCUT2D eigenvalue weighted by molar-refractivity contribution is -0.145. The molecular formula is C25H21NO6. The maximum atomic E-state index is 12.5. The van der Waals surface area contributed by atoms with E-state index in [-0.39, 0.29) is 41.6 Å². The van der Waals surface area contributed by atoms with Gasteiger partial charge in [0.2, 0.25) is 0 Å². The summed E-state index contributed by atoms with van der Waals surface area (Å²) >= 11 is 0. The standard InChI is InChI=1S/C25H21NO6/c1-4-30-24(28)19(26-3)12-16-10-15-11-18-14(13-20(15)32-23(16)27)8-6-7-9-17-21(18)22(17)25(29)31-5-2/h10-13,17,21-22H,4-5,7,9H2,1-2H3. The van der Waals surface area contributed by atoms with Gasteiger partial charge >= 0.3 is 17.6 Å². The molecule has 0 N–H and O–H groups in total. The van der Waals surface area contributed by atoms with Gasteiger partial charge in [0.15, 0.2) is 0 Å². The lowest BCUT2D eigenvalue weighted by atomic mass is 9.96. The lowest BCUT2D eigenvalue weighted by Gasteiger charge is -2.09. The van der Waals surface area contributed by atoms with Gasteiger partial charge in [0, 0.05) is 23.3 Å². The van der Waals surface area contributed by atoms with Crippen LogP contribution in [0.25, 0.3) is 21.9 Å². The highest BCUT2D eigenvalue weighted by atomic mass is 16.5. The number of fused-ring (bicyclic) bond motifs is 4. The minimum atomic E-state index is -0.798. The van der Waals surface area contributed by atoms with Crippen LogP contribution in [0.1, 0.15) is 49.3 Å². The Labute approximate surface area is 184 Å². The Bertz CT molecular complexity index is 1300. The molecule has 1 fully saturated rings. The summed E-state index contributed by atoms with van der Waals surface area (Å²) in [5.41, 5.74) is 1.11. The van der Waals surface area contributed by atoms with Crippen molar-refractivity contribution in [1.82, 2.24) is 0 Å². The van der Waals surface area contributed by atoms with Crippen molar-refractivity contribution in [3.63, 3.8) is 0 Å². The Morgan fingerprint density at radius 2 is 2.03 bits per heavy atom. The van der Waals surface area contributed by atoms with Crippen molar-refractivity contribution in [1.29, 1.82) is 0 Å². The van der Waals surface area contributed by atoms with Crippen molar-refractivity contribution in [2.24, 2.45) is 11.8 Å². The number of benzene rings is 1. The quantitative estimate of drug-likeness (QED) is 0.236. The van der Waals surface area contributed by atoms with E-state index in [1.807, 2.05) is 6.07 Å². The highest BCUT2D eigenvalue weighted by molar-refractivity contribution is 5.96. The van der Waals surface area contributed by atoms with Crippen LogP contribution in [0.15, 0.2) is 33.1 Å². The maximum absolute atomic E-state index is 12.5. The summed E-state index contributed by atoms with van der Waals surface area (Å²) in [5, 5.41) is 0.624. The zero-order valence-electron chi connectivity index (χ0n) is 17.8. The molecule has 0 aliphatic heterocycles. The van der Waals surface area contributed by atoms with Crippen LogP contribution in [0, 0.1) is 30.2 Å². The highest BCUT2D eigenvalue weighted by Gasteiger charge is 2.56. The second-order valence-electron chi connectivity index (χ2n) is 7.64. The number of carbonyl (C=O) groups excluding carboxylic acids is 2. The first kappa shape index (κ1) is 21.4. The molecule has 32 heavy (non-hydrogen) atoms. The highest BCUT2D eigenvalue weighted by Crippen LogP contribution is 2.58. The minimum Gasteiger partial charge on any atom is -0.471 e. The number of ether oxygens (including phenoxy) is 2. The Morgan fingerprint density at radius 3 is 2.75 bits per heavy atom. The fraction of sp³-hybridized carbons (Fsp3) is 0.360. The minimum absolute atomic E-state index is 0.00676. The Morgan fingerprint density at radius 1 is 1.25 bits per heavy atom. The molecule has 0 saturated heterocycles. The third-order valence-electron chi connectivity index (χ3n) is 5.74. The third-order valence-corrected chi connectivity index (χ3v) is 5.74. The topological polar surface area (TPSA) is 87.2 Å². The number of hydrogen-bond acceptors (Lipinski definition) is 6. The smallest absolute Gasteiger partial charge is 0.342 e. The van der Waals surface area contributed by atoms with E-state index in [2.05, 4.69) is 16.7 Å². The van der Waals surface area contributed by atoms with Gasteiger partial charge in [0.05, 0.1) is 31.3 Å². The van der Waals surface area contributed by atoms with Crippen molar-refractivity contribution >= 4 is 29.0 Å². The van der Waals surface area contributed by atoms with Crippen LogP contribution < -0.4 is 5.63 Å². The molecular weight excluding hydrogens is 410 g/mol. The Kier molecular flexibility index (Phi) is 5.83. The zero-order chi connectivity index (χ0) is 22.8. The van der Waals surface area contributed by atoms with E-state index in [0.717, 1.165) is 17.5 Å². The summed E-state index contributed by atoms with van der Waals surface area (Å²) in [6.07, 6.45) is 2.69. The predicted molar refractivity (Wildman–Crippen MR) is 116 cm³/mol. The van der Waals surface area contributed by atoms with E-state index in [0.29, 0.717) is 24.0 Å². The van der Waals surface area contributed by atoms with Crippen LogP contribution in [0.3, 0.4) is 0 Å². The molecule has 1 aromatic carbocycles. The molecule has 1 aromatic heterocycles. The van der Waals surface area contributed by atoms with E-state index in [4.69, 9.17) is 20.5 Å². The van der Waals surface area contributed by atoms with Gasteiger partial charge in [-0.05, 0) is 56.0 Å². The average Bonchev–Trinajstić information content (AvgIpc) is 3.47. The summed E-state index contributed by atoms with van der Waals surface area (Å²) in [4.78, 5) is 40.0. The Hall–Kier alpha value is -3.84. The van der Waals surface area contributed by atoms with Gasteiger partial charge in [-0.2, -0.15) is 0 Å². The molecule has 2 aromatic rings. The molecule has 3 unspecified atom stereocenters. The molecule has 2 aliphatic rings. The number of esters is 2. The van der Waals surface area contributed by atoms with Crippen molar-refractivity contribution in [2.45, 2.75) is 32.6 Å². The molecule has 1 heterocycles. The summed E-state index contributed by atoms with van der Waals surface area (Å²) in [6.45, 7) is 11.1. The molecule has 3 atom stereocenters. The molecule has 7 nitrogen and oxygen atoms in total. The van der Waals surface area contributed by atoms with Gasteiger partial charge in [0.1, 0.15) is 5.58 Å². The van der Waals surface area contributed by atoms with Crippen molar-refractivity contribution in [2.75, 3.05) is 13.2 Å². The monoisotopic (exact) mass is 431 g/mol. The molecule has 4 rings (SSSR count). The first-order chi connectivity index (χ1) is 15.5. The fourth-order valence-electron chi connectivity index (χ4n) is 4.29. The predicted octanol–water partition coefficient (Wildman–Crippen LogP) is 3.65. The fourth-order valence-corrected chi connectivity index (χ4v) is 4.29. The van der Waals surface area contributed by atoms with Gasteiger partial charge < -0.3 is 13.9 Å². The molecule has 7 heteroatoms. The average molecular weight is 431 g/mol. The summed E-state index contributed by atoms with van der Waals surface area (Å²) in [5.74, 6) is 5.23. The molecule has 0 bridgehead atoms. The van der Waals surface area contributed by atoms with Crippen LogP contribution in [0.4, 0.5) is 0 Å². The van der Waals surface area contributed by atoms with Crippen LogP contribution in [-0.4, -0.2) is 25.2 Å². The molecule has 0 radical (unpaired) electrons. The van der Waals surface area contributed by atoms with Crippen LogP contribution in [-0.2, 0) is 19.1 Å². The second-order valence-corrected chi connectivity index (χ2v) is 7.64. The van der Waals surface area contributed by atoms with Crippen molar-refractivity contribution in [3.05, 3.63) is 62.4 Å². The molecule has 2 aliphatic carbocycles. The molecule has 0 amide bonds. The lowest BCUT2D eigenvalue weighted by Crippen LogP contribution is -2.09. The maximum Gasteiger partial charge on any atom is 0.342 e. The van der Waals surface area contributed by atoms with Crippen LogP contribution >= 0.6 is 0 Å². The first-order valence-electron chi connectivity index (χ1n) is 10.5. The summed E-state index contributed by atoms with van der Waals surface area (Å²) in [7, 11) is 0. The van der Waals surface area contributed by atoms with E-state index < -0.39 is 11.6 Å². The molecule has 1 saturated carbocycles. The van der Waals surface area contributed by atoms with Crippen molar-refractivity contribution in [3.8, 4) is 11.8 Å². The second kappa shape index (κ2) is 8.72. The number of nitrogens with zero attached hydrogens (tertiary/aromatic N) is 1. The summed E-state index contributed by atoms with van der Waals surface area (Å²) in [6, 6.07) is 5.18. The molecule has 0 spiro atoms. The Balaban J connectivity index is 1.80. The normalized spacial score (nSPS) is 21.0. The summed E-state index contributed by atoms with van der Waals surface area (Å²) < 4.78 is 15.6. The van der Waals surface area contributed by atoms with Gasteiger partial charge in [-0.3, -0.25) is 9.59 Å². The van der Waals surface area contributed by atoms with Crippen molar-refractivity contribution < 1.29 is 23.5 Å². The number of hydrogen-bond donors (Lipinski definition) is 0. The van der Waals surface area contributed by atoms with Crippen LogP contribution in [0.2, 0.25) is 0 Å². The van der Waals surface area contributed by atoms with E-state index in [1.165, 1.54) is 6.08 Å². The van der Waals surface area contributed by atoms with Gasteiger partial charge in [-0.15, -0.1) is 0 Å². The van der Waals surface area contributed by atoms with Gasteiger partial charge in [-0.25, -0.2) is 9.64 Å². The largest absolute Gasteiger partial charge is 0.471 e. The molecule has 162 valence electrons. The SMILES string of the molecule is [C-]#[N+]C(=Cc1cc2cc3c(cc2oc1=O)C#CCCC1C(C(=O)OCC)C31)C(=O)OCC.